The fourth-order valence-electron chi connectivity index (χ4n) is 3.78. The number of esters is 4. The number of benzene rings is 2. The fraction of sp³-hybridized carbons (Fsp3) is 0.448. The number of carbonyl (C=O) groups is 4. The molecule has 2 aromatic carbocycles. The number of rotatable bonds is 17. The van der Waals surface area contributed by atoms with Crippen molar-refractivity contribution >= 4 is 47.4 Å². The van der Waals surface area contributed by atoms with Gasteiger partial charge in [-0.25, -0.2) is 0 Å². The standard InChI is InChI=1S/C29H36BrO11P/c1-5-36-28(33)18-26(22-8-12-24(13-9-22)38-20(3)31)40-42(35,17-7-16-30)41-27(19-29(34)37-6-2)23-10-14-25(15-11-23)39-21(4)32/h8-15,26-27H,5-7,16-19H2,1-4H3. The van der Waals surface area contributed by atoms with Crippen molar-refractivity contribution in [1.82, 2.24) is 0 Å². The maximum Gasteiger partial charge on any atom is 0.331 e. The summed E-state index contributed by atoms with van der Waals surface area (Å²) in [6.45, 7) is 6.15. The van der Waals surface area contributed by atoms with Crippen LogP contribution in [0.2, 0.25) is 0 Å². The topological polar surface area (TPSA) is 141 Å². The summed E-state index contributed by atoms with van der Waals surface area (Å²) in [5, 5.41) is 0.489. The largest absolute Gasteiger partial charge is 0.466 e. The molecule has 0 radical (unpaired) electrons. The first-order valence-corrected chi connectivity index (χ1v) is 16.2. The maximum absolute atomic E-state index is 14.3. The van der Waals surface area contributed by atoms with Crippen LogP contribution in [0.15, 0.2) is 48.5 Å². The predicted octanol–water partition coefficient (Wildman–Crippen LogP) is 6.24. The average Bonchev–Trinajstić information content (AvgIpc) is 2.92. The zero-order valence-electron chi connectivity index (χ0n) is 24.0. The van der Waals surface area contributed by atoms with E-state index in [1.165, 1.54) is 38.1 Å². The molecule has 0 aliphatic rings. The van der Waals surface area contributed by atoms with E-state index in [0.717, 1.165) is 0 Å². The molecule has 230 valence electrons. The van der Waals surface area contributed by atoms with Crippen molar-refractivity contribution in [2.75, 3.05) is 24.7 Å². The van der Waals surface area contributed by atoms with Gasteiger partial charge < -0.3 is 18.9 Å². The lowest BCUT2D eigenvalue weighted by Gasteiger charge is -2.28. The molecule has 0 N–H and O–H groups in total. The van der Waals surface area contributed by atoms with Crippen LogP contribution in [0.4, 0.5) is 0 Å². The van der Waals surface area contributed by atoms with E-state index in [1.54, 1.807) is 38.1 Å². The third-order valence-corrected chi connectivity index (χ3v) is 8.06. The van der Waals surface area contributed by atoms with Gasteiger partial charge in [0, 0.05) is 19.2 Å². The van der Waals surface area contributed by atoms with Crippen molar-refractivity contribution in [2.24, 2.45) is 0 Å². The fourth-order valence-corrected chi connectivity index (χ4v) is 6.47. The molecular formula is C29H36BrO11P. The van der Waals surface area contributed by atoms with Crippen LogP contribution in [0.3, 0.4) is 0 Å². The van der Waals surface area contributed by atoms with Gasteiger partial charge in [0.25, 0.3) is 0 Å². The monoisotopic (exact) mass is 670 g/mol. The Labute approximate surface area is 253 Å². The Morgan fingerprint density at radius 1 is 0.714 bits per heavy atom. The number of carbonyl (C=O) groups excluding carboxylic acids is 4. The van der Waals surface area contributed by atoms with Gasteiger partial charge in [-0.2, -0.15) is 0 Å². The Kier molecular flexibility index (Phi) is 14.9. The molecule has 0 spiro atoms. The van der Waals surface area contributed by atoms with Gasteiger partial charge in [-0.3, -0.25) is 32.8 Å². The first-order valence-electron chi connectivity index (χ1n) is 13.4. The molecular weight excluding hydrogens is 635 g/mol. The molecule has 0 aliphatic carbocycles. The number of hydrogen-bond donors (Lipinski definition) is 0. The third-order valence-electron chi connectivity index (χ3n) is 5.48. The smallest absolute Gasteiger partial charge is 0.331 e. The molecule has 0 bridgehead atoms. The summed E-state index contributed by atoms with van der Waals surface area (Å²) in [5.41, 5.74) is 0.934. The van der Waals surface area contributed by atoms with E-state index in [2.05, 4.69) is 15.9 Å². The minimum atomic E-state index is -4.01. The lowest BCUT2D eigenvalue weighted by molar-refractivity contribution is -0.145. The molecule has 2 rings (SSSR count). The van der Waals surface area contributed by atoms with Crippen LogP contribution in [-0.2, 0) is 42.3 Å². The summed E-state index contributed by atoms with van der Waals surface area (Å²) in [7, 11) is -4.01. The molecule has 2 aromatic rings. The predicted molar refractivity (Wildman–Crippen MR) is 157 cm³/mol. The number of halogens is 1. The van der Waals surface area contributed by atoms with Crippen LogP contribution in [0.25, 0.3) is 0 Å². The van der Waals surface area contributed by atoms with E-state index >= 15 is 0 Å². The second-order valence-corrected chi connectivity index (χ2v) is 11.8. The first-order chi connectivity index (χ1) is 20.0. The van der Waals surface area contributed by atoms with E-state index in [4.69, 9.17) is 28.0 Å². The highest BCUT2D eigenvalue weighted by molar-refractivity contribution is 9.09. The van der Waals surface area contributed by atoms with Crippen LogP contribution in [0, 0.1) is 0 Å². The van der Waals surface area contributed by atoms with Crippen molar-refractivity contribution < 1.29 is 51.7 Å². The van der Waals surface area contributed by atoms with Crippen molar-refractivity contribution in [3.8, 4) is 11.5 Å². The Morgan fingerprint density at radius 3 is 1.40 bits per heavy atom. The summed E-state index contributed by atoms with van der Waals surface area (Å²) in [6, 6.07) is 12.4. The van der Waals surface area contributed by atoms with Crippen molar-refractivity contribution in [3.63, 3.8) is 0 Å². The first kappa shape index (κ1) is 35.1. The van der Waals surface area contributed by atoms with Crippen LogP contribution in [0.1, 0.15) is 70.3 Å². The maximum atomic E-state index is 14.3. The van der Waals surface area contributed by atoms with E-state index in [0.29, 0.717) is 22.9 Å². The number of ether oxygens (including phenoxy) is 4. The normalized spacial score (nSPS) is 13.7. The molecule has 0 amide bonds. The van der Waals surface area contributed by atoms with E-state index in [1.807, 2.05) is 0 Å². The minimum absolute atomic E-state index is 0.0338. The van der Waals surface area contributed by atoms with Gasteiger partial charge in [0.1, 0.15) is 23.7 Å². The molecule has 2 atom stereocenters. The van der Waals surface area contributed by atoms with E-state index < -0.39 is 43.7 Å². The molecule has 13 heteroatoms. The average molecular weight is 671 g/mol. The highest BCUT2D eigenvalue weighted by Gasteiger charge is 2.35. The van der Waals surface area contributed by atoms with Gasteiger partial charge >= 0.3 is 31.5 Å². The highest BCUT2D eigenvalue weighted by Crippen LogP contribution is 2.57. The van der Waals surface area contributed by atoms with Crippen LogP contribution in [-0.4, -0.2) is 48.6 Å². The van der Waals surface area contributed by atoms with Crippen LogP contribution >= 0.6 is 23.5 Å². The Bertz CT molecular complexity index is 1140. The van der Waals surface area contributed by atoms with Gasteiger partial charge in [0.2, 0.25) is 0 Å². The van der Waals surface area contributed by atoms with Gasteiger partial charge in [-0.15, -0.1) is 0 Å². The van der Waals surface area contributed by atoms with Crippen LogP contribution in [0.5, 0.6) is 11.5 Å². The highest BCUT2D eigenvalue weighted by atomic mass is 79.9. The molecule has 0 fully saturated rings. The summed E-state index contributed by atoms with van der Waals surface area (Å²) in [4.78, 5) is 47.6. The molecule has 0 aromatic heterocycles. The molecule has 0 saturated carbocycles. The summed E-state index contributed by atoms with van der Waals surface area (Å²) in [6.07, 6.45) is -2.29. The lowest BCUT2D eigenvalue weighted by atomic mass is 10.1. The molecule has 2 unspecified atom stereocenters. The molecule has 0 aliphatic heterocycles. The van der Waals surface area contributed by atoms with E-state index in [-0.39, 0.29) is 43.7 Å². The lowest BCUT2D eigenvalue weighted by Crippen LogP contribution is -2.17. The van der Waals surface area contributed by atoms with Gasteiger partial charge in [0.05, 0.1) is 32.2 Å². The Morgan fingerprint density at radius 2 is 1.10 bits per heavy atom. The zero-order chi connectivity index (χ0) is 31.1. The molecule has 0 saturated heterocycles. The van der Waals surface area contributed by atoms with Gasteiger partial charge in [0.15, 0.2) is 0 Å². The Hall–Kier alpha value is -3.05. The molecule has 0 heterocycles. The minimum Gasteiger partial charge on any atom is -0.466 e. The SMILES string of the molecule is CCOC(=O)CC(OP(=O)(CCCBr)OC(CC(=O)OCC)c1ccc(OC(C)=O)cc1)c1ccc(OC(C)=O)cc1. The third kappa shape index (κ3) is 12.4. The second-order valence-electron chi connectivity index (χ2n) is 8.91. The summed E-state index contributed by atoms with van der Waals surface area (Å²) in [5.74, 6) is -1.59. The van der Waals surface area contributed by atoms with Crippen molar-refractivity contribution in [3.05, 3.63) is 59.7 Å². The molecule has 42 heavy (non-hydrogen) atoms. The number of hydrogen-bond acceptors (Lipinski definition) is 11. The van der Waals surface area contributed by atoms with Gasteiger partial charge in [-0.1, -0.05) is 40.2 Å². The van der Waals surface area contributed by atoms with Crippen molar-refractivity contribution in [1.29, 1.82) is 0 Å². The number of alkyl halides is 1. The zero-order valence-corrected chi connectivity index (χ0v) is 26.5. The quantitative estimate of drug-likeness (QED) is 0.0817. The summed E-state index contributed by atoms with van der Waals surface area (Å²) >= 11 is 3.34. The Balaban J connectivity index is 2.45. The van der Waals surface area contributed by atoms with Gasteiger partial charge in [-0.05, 0) is 55.7 Å². The van der Waals surface area contributed by atoms with Crippen LogP contribution < -0.4 is 9.47 Å². The van der Waals surface area contributed by atoms with E-state index in [9.17, 15) is 23.7 Å². The van der Waals surface area contributed by atoms with Crippen molar-refractivity contribution in [2.45, 2.75) is 59.2 Å². The molecule has 11 nitrogen and oxygen atoms in total. The second kappa shape index (κ2) is 17.8. The summed E-state index contributed by atoms with van der Waals surface area (Å²) < 4.78 is 47.0.